The van der Waals surface area contributed by atoms with E-state index in [0.29, 0.717) is 5.39 Å². The minimum Gasteiger partial charge on any atom is -0.444 e. The van der Waals surface area contributed by atoms with Crippen molar-refractivity contribution >= 4 is 32.8 Å². The first-order valence-electron chi connectivity index (χ1n) is 9.37. The molecule has 6 nitrogen and oxygen atoms in total. The van der Waals surface area contributed by atoms with Crippen molar-refractivity contribution in [2.45, 2.75) is 58.2 Å². The Balaban J connectivity index is 2.12. The van der Waals surface area contributed by atoms with Gasteiger partial charge in [-0.25, -0.2) is 13.6 Å². The van der Waals surface area contributed by atoms with Gasteiger partial charge in [0.05, 0.1) is 29.1 Å². The fraction of sp³-hybridized carbons (Fsp3) is 0.500. The third-order valence-electron chi connectivity index (χ3n) is 4.10. The monoisotopic (exact) mass is 510 g/mol. The van der Waals surface area contributed by atoms with Crippen LogP contribution in [0.5, 0.6) is 0 Å². The van der Waals surface area contributed by atoms with Crippen molar-refractivity contribution in [2.24, 2.45) is 0 Å². The summed E-state index contributed by atoms with van der Waals surface area (Å²) >= 11 is 3.04. The number of amides is 1. The number of alkyl halides is 3. The number of aromatic nitrogens is 1. The molecule has 31 heavy (non-hydrogen) atoms. The molecule has 0 fully saturated rings. The van der Waals surface area contributed by atoms with Gasteiger partial charge in [0.15, 0.2) is 0 Å². The third kappa shape index (κ3) is 7.80. The average Bonchev–Trinajstić information content (AvgIpc) is 2.62. The van der Waals surface area contributed by atoms with E-state index < -0.39 is 61.5 Å². The number of fused-ring (bicyclic) bond motifs is 1. The first-order valence-corrected chi connectivity index (χ1v) is 10.2. The summed E-state index contributed by atoms with van der Waals surface area (Å²) in [7, 11) is 0. The van der Waals surface area contributed by atoms with Gasteiger partial charge < -0.3 is 19.4 Å². The molecule has 0 bridgehead atoms. The van der Waals surface area contributed by atoms with Crippen molar-refractivity contribution < 1.29 is 31.8 Å². The number of ether oxygens (including phenoxy) is 2. The molecule has 11 heteroatoms. The number of nitrogens with zero attached hydrogens (tertiary/aromatic N) is 1. The van der Waals surface area contributed by atoms with Gasteiger partial charge in [0.2, 0.25) is 0 Å². The van der Waals surface area contributed by atoms with Gasteiger partial charge in [-0.15, -0.1) is 0 Å². The molecule has 1 amide bonds. The summed E-state index contributed by atoms with van der Waals surface area (Å²) in [5, 5.41) is 2.84. The van der Waals surface area contributed by atoms with Crippen LogP contribution in [0.1, 0.15) is 27.2 Å². The first-order chi connectivity index (χ1) is 14.4. The number of pyridine rings is 1. The number of halogens is 5. The maximum atomic E-state index is 14.7. The minimum atomic E-state index is -3.10. The number of hydrogen-bond acceptors (Lipinski definition) is 4. The number of carbonyl (C=O) groups excluding carboxylic acids is 1. The highest BCUT2D eigenvalue weighted by Crippen LogP contribution is 2.21. The van der Waals surface area contributed by atoms with Gasteiger partial charge in [0, 0.05) is 12.6 Å². The van der Waals surface area contributed by atoms with E-state index in [1.807, 2.05) is 0 Å². The lowest BCUT2D eigenvalue weighted by atomic mass is 10.1. The second-order valence-corrected chi connectivity index (χ2v) is 8.75. The van der Waals surface area contributed by atoms with Gasteiger partial charge in [-0.3, -0.25) is 4.79 Å². The summed E-state index contributed by atoms with van der Waals surface area (Å²) in [5.41, 5.74) is -1.44. The normalized spacial score (nSPS) is 14.0. The van der Waals surface area contributed by atoms with Crippen LogP contribution in [0.25, 0.3) is 10.8 Å². The number of nitrogens with one attached hydrogen (secondary N) is 1. The summed E-state index contributed by atoms with van der Waals surface area (Å²) in [6.45, 7) is 0.670. The molecule has 1 heterocycles. The SMILES string of the molecule is CC(C)(C)OC(=O)NC(COC(F)F)CC(F)Cn1ccc2cc(Br)c(F)cc2c1=O. The van der Waals surface area contributed by atoms with Gasteiger partial charge in [0.1, 0.15) is 17.6 Å². The zero-order chi connectivity index (χ0) is 23.3. The highest BCUT2D eigenvalue weighted by molar-refractivity contribution is 9.10. The largest absolute Gasteiger partial charge is 0.444 e. The van der Waals surface area contributed by atoms with Crippen LogP contribution in [0.15, 0.2) is 33.7 Å². The zero-order valence-corrected chi connectivity index (χ0v) is 18.7. The maximum absolute atomic E-state index is 14.7. The fourth-order valence-corrected chi connectivity index (χ4v) is 3.21. The van der Waals surface area contributed by atoms with Crippen molar-refractivity contribution in [1.82, 2.24) is 9.88 Å². The van der Waals surface area contributed by atoms with Crippen LogP contribution in [0.2, 0.25) is 0 Å². The molecule has 0 saturated heterocycles. The maximum Gasteiger partial charge on any atom is 0.407 e. The molecule has 1 aromatic heterocycles. The van der Waals surface area contributed by atoms with E-state index in [1.54, 1.807) is 20.8 Å². The standard InChI is InChI=1S/C20H23BrF4N2O4/c1-20(2,3)31-19(29)26-13(10-30-18(24)25)7-12(22)9-27-5-4-11-6-15(21)16(23)8-14(11)17(27)28/h4-6,8,12-13,18H,7,9-10H2,1-3H3,(H,26,29). The van der Waals surface area contributed by atoms with Crippen LogP contribution < -0.4 is 10.9 Å². The lowest BCUT2D eigenvalue weighted by Gasteiger charge is -2.24. The zero-order valence-electron chi connectivity index (χ0n) is 17.1. The van der Waals surface area contributed by atoms with Crippen LogP contribution in [0.4, 0.5) is 22.4 Å². The predicted molar refractivity (Wildman–Crippen MR) is 110 cm³/mol. The quantitative estimate of drug-likeness (QED) is 0.519. The molecule has 0 aliphatic heterocycles. The van der Waals surface area contributed by atoms with Crippen LogP contribution >= 0.6 is 15.9 Å². The first kappa shape index (κ1) is 25.1. The number of hydrogen-bond donors (Lipinski definition) is 1. The van der Waals surface area contributed by atoms with Crippen molar-refractivity contribution in [3.63, 3.8) is 0 Å². The molecule has 0 aliphatic carbocycles. The Morgan fingerprint density at radius 2 is 1.94 bits per heavy atom. The molecule has 2 atom stereocenters. The summed E-state index contributed by atoms with van der Waals surface area (Å²) in [6.07, 6.45) is -1.67. The van der Waals surface area contributed by atoms with Crippen LogP contribution in [0.3, 0.4) is 0 Å². The Bertz CT molecular complexity index is 978. The molecule has 1 aromatic carbocycles. The molecule has 2 unspecified atom stereocenters. The Morgan fingerprint density at radius 1 is 1.26 bits per heavy atom. The van der Waals surface area contributed by atoms with Gasteiger partial charge in [-0.05, 0) is 60.3 Å². The van der Waals surface area contributed by atoms with Crippen molar-refractivity contribution in [3.05, 3.63) is 45.0 Å². The third-order valence-corrected chi connectivity index (χ3v) is 4.70. The lowest BCUT2D eigenvalue weighted by molar-refractivity contribution is -0.134. The molecule has 2 rings (SSSR count). The van der Waals surface area contributed by atoms with Crippen LogP contribution in [-0.4, -0.2) is 41.7 Å². The molecular formula is C20H23BrF4N2O4. The topological polar surface area (TPSA) is 69.6 Å². The van der Waals surface area contributed by atoms with E-state index in [0.717, 1.165) is 10.6 Å². The summed E-state index contributed by atoms with van der Waals surface area (Å²) < 4.78 is 63.8. The van der Waals surface area contributed by atoms with Gasteiger partial charge in [-0.2, -0.15) is 8.78 Å². The van der Waals surface area contributed by atoms with Gasteiger partial charge in [-0.1, -0.05) is 0 Å². The van der Waals surface area contributed by atoms with E-state index in [2.05, 4.69) is 26.0 Å². The smallest absolute Gasteiger partial charge is 0.407 e. The van der Waals surface area contributed by atoms with Gasteiger partial charge in [0.25, 0.3) is 5.56 Å². The Hall–Kier alpha value is -2.14. The van der Waals surface area contributed by atoms with Crippen LogP contribution in [-0.2, 0) is 16.0 Å². The van der Waals surface area contributed by atoms with E-state index in [-0.39, 0.29) is 9.86 Å². The van der Waals surface area contributed by atoms with Crippen molar-refractivity contribution in [3.8, 4) is 0 Å². The molecule has 0 spiro atoms. The molecule has 2 aromatic rings. The molecular weight excluding hydrogens is 488 g/mol. The van der Waals surface area contributed by atoms with E-state index in [9.17, 15) is 27.2 Å². The molecule has 0 saturated carbocycles. The molecule has 0 radical (unpaired) electrons. The number of rotatable bonds is 8. The Kier molecular flexibility index (Phi) is 8.47. The Labute approximate surface area is 184 Å². The Morgan fingerprint density at radius 3 is 2.55 bits per heavy atom. The van der Waals surface area contributed by atoms with Crippen molar-refractivity contribution in [2.75, 3.05) is 6.61 Å². The number of carbonyl (C=O) groups is 1. The molecule has 1 N–H and O–H groups in total. The highest BCUT2D eigenvalue weighted by Gasteiger charge is 2.24. The summed E-state index contributed by atoms with van der Waals surface area (Å²) in [4.78, 5) is 24.5. The van der Waals surface area contributed by atoms with E-state index >= 15 is 0 Å². The predicted octanol–water partition coefficient (Wildman–Crippen LogP) is 4.76. The van der Waals surface area contributed by atoms with Crippen molar-refractivity contribution in [1.29, 1.82) is 0 Å². The summed E-state index contributed by atoms with van der Waals surface area (Å²) in [6, 6.07) is 2.90. The fourth-order valence-electron chi connectivity index (χ4n) is 2.85. The summed E-state index contributed by atoms with van der Waals surface area (Å²) in [5.74, 6) is -0.634. The van der Waals surface area contributed by atoms with Gasteiger partial charge >= 0.3 is 12.7 Å². The number of benzene rings is 1. The van der Waals surface area contributed by atoms with E-state index in [1.165, 1.54) is 18.3 Å². The molecule has 0 aliphatic rings. The molecule has 172 valence electrons. The highest BCUT2D eigenvalue weighted by atomic mass is 79.9. The van der Waals surface area contributed by atoms with E-state index in [4.69, 9.17) is 4.74 Å². The number of alkyl carbamates (subject to hydrolysis) is 1. The average molecular weight is 511 g/mol. The second-order valence-electron chi connectivity index (χ2n) is 7.90. The van der Waals surface area contributed by atoms with Crippen LogP contribution in [0, 0.1) is 5.82 Å². The minimum absolute atomic E-state index is 0.0693. The lowest BCUT2D eigenvalue weighted by Crippen LogP contribution is -2.43. The second kappa shape index (κ2) is 10.4.